The highest BCUT2D eigenvalue weighted by molar-refractivity contribution is 8.01. The van der Waals surface area contributed by atoms with E-state index in [4.69, 9.17) is 11.6 Å². The van der Waals surface area contributed by atoms with Gasteiger partial charge in [0.15, 0.2) is 0 Å². The Morgan fingerprint density at radius 2 is 1.82 bits per heavy atom. The number of nitrogens with zero attached hydrogens (tertiary/aromatic N) is 2. The third kappa shape index (κ3) is 4.49. The Labute approximate surface area is 169 Å². The zero-order valence-corrected chi connectivity index (χ0v) is 15.9. The van der Waals surface area contributed by atoms with Crippen LogP contribution in [-0.4, -0.2) is 33.6 Å². The number of amides is 3. The Kier molecular flexibility index (Phi) is 5.96. The van der Waals surface area contributed by atoms with Crippen molar-refractivity contribution in [2.24, 2.45) is 0 Å². The fraction of sp³-hybridized carbons (Fsp3) is 0.167. The highest BCUT2D eigenvalue weighted by atomic mass is 35.5. The van der Waals surface area contributed by atoms with E-state index in [9.17, 15) is 24.5 Å². The summed E-state index contributed by atoms with van der Waals surface area (Å²) in [4.78, 5) is 48.0. The van der Waals surface area contributed by atoms with Crippen molar-refractivity contribution >= 4 is 58.1 Å². The van der Waals surface area contributed by atoms with Gasteiger partial charge in [-0.1, -0.05) is 11.6 Å². The van der Waals surface area contributed by atoms with Gasteiger partial charge in [0.1, 0.15) is 0 Å². The number of nitro groups is 1. The van der Waals surface area contributed by atoms with Gasteiger partial charge in [-0.2, -0.15) is 0 Å². The molecule has 0 unspecified atom stereocenters. The summed E-state index contributed by atoms with van der Waals surface area (Å²) < 4.78 is 0. The van der Waals surface area contributed by atoms with Gasteiger partial charge >= 0.3 is 0 Å². The van der Waals surface area contributed by atoms with Crippen molar-refractivity contribution in [1.82, 2.24) is 0 Å². The van der Waals surface area contributed by atoms with Crippen LogP contribution in [0.3, 0.4) is 0 Å². The first-order valence-electron chi connectivity index (χ1n) is 8.13. The van der Waals surface area contributed by atoms with Gasteiger partial charge in [-0.15, -0.1) is 11.8 Å². The van der Waals surface area contributed by atoms with Crippen LogP contribution in [0.25, 0.3) is 0 Å². The second kappa shape index (κ2) is 8.41. The maximum absolute atomic E-state index is 12.5. The fourth-order valence-electron chi connectivity index (χ4n) is 2.64. The average Bonchev–Trinajstić information content (AvgIpc) is 2.95. The van der Waals surface area contributed by atoms with Gasteiger partial charge in [0.25, 0.3) is 5.69 Å². The van der Waals surface area contributed by atoms with Crippen molar-refractivity contribution < 1.29 is 19.3 Å². The monoisotopic (exact) mass is 419 g/mol. The number of anilines is 2. The molecular weight excluding hydrogens is 406 g/mol. The highest BCUT2D eigenvalue weighted by Crippen LogP contribution is 2.30. The molecule has 1 fully saturated rings. The lowest BCUT2D eigenvalue weighted by atomic mass is 10.2. The predicted octanol–water partition coefficient (Wildman–Crippen LogP) is 3.25. The molecule has 144 valence electrons. The van der Waals surface area contributed by atoms with Crippen LogP contribution in [0.5, 0.6) is 0 Å². The Morgan fingerprint density at radius 3 is 2.43 bits per heavy atom. The van der Waals surface area contributed by atoms with E-state index in [1.165, 1.54) is 24.3 Å². The van der Waals surface area contributed by atoms with Gasteiger partial charge in [-0.05, 0) is 36.4 Å². The molecule has 28 heavy (non-hydrogen) atoms. The number of benzene rings is 2. The number of thioether (sulfide) groups is 1. The van der Waals surface area contributed by atoms with Crippen molar-refractivity contribution in [3.8, 4) is 0 Å². The largest absolute Gasteiger partial charge is 0.325 e. The van der Waals surface area contributed by atoms with Gasteiger partial charge in [0.05, 0.1) is 21.6 Å². The van der Waals surface area contributed by atoms with Crippen LogP contribution in [0.4, 0.5) is 17.1 Å². The van der Waals surface area contributed by atoms with E-state index in [1.54, 1.807) is 24.3 Å². The smallest absolute Gasteiger partial charge is 0.269 e. The number of hydrogen-bond acceptors (Lipinski definition) is 6. The maximum atomic E-state index is 12.5. The molecule has 0 spiro atoms. The second-order valence-corrected chi connectivity index (χ2v) is 7.53. The molecule has 3 amide bonds. The minimum absolute atomic E-state index is 0.000411. The maximum Gasteiger partial charge on any atom is 0.269 e. The summed E-state index contributed by atoms with van der Waals surface area (Å²) in [5.41, 5.74) is 0.721. The fourth-order valence-corrected chi connectivity index (χ4v) is 3.69. The van der Waals surface area contributed by atoms with Crippen molar-refractivity contribution in [3.63, 3.8) is 0 Å². The SMILES string of the molecule is O=C(CS[C@H]1CC(=O)N(c2ccc([N+](=O)[O-])cc2)C1=O)Nc1ccc(Cl)cc1. The minimum atomic E-state index is -0.682. The molecule has 1 aliphatic rings. The number of halogens is 1. The van der Waals surface area contributed by atoms with Crippen LogP contribution in [-0.2, 0) is 14.4 Å². The van der Waals surface area contributed by atoms with Crippen LogP contribution in [0.2, 0.25) is 5.02 Å². The molecule has 1 aliphatic heterocycles. The van der Waals surface area contributed by atoms with Gasteiger partial charge in [0, 0.05) is 29.3 Å². The molecule has 0 aromatic heterocycles. The molecule has 1 heterocycles. The Bertz CT molecular complexity index is 933. The normalized spacial score (nSPS) is 16.3. The number of non-ortho nitro benzene ring substituents is 1. The van der Waals surface area contributed by atoms with Crippen LogP contribution in [0, 0.1) is 10.1 Å². The predicted molar refractivity (Wildman–Crippen MR) is 107 cm³/mol. The molecular formula is C18H14ClN3O5S. The molecule has 0 saturated carbocycles. The van der Waals surface area contributed by atoms with E-state index < -0.39 is 22.0 Å². The number of carbonyl (C=O) groups excluding carboxylic acids is 3. The summed E-state index contributed by atoms with van der Waals surface area (Å²) in [5, 5.41) is 13.3. The molecule has 8 nitrogen and oxygen atoms in total. The van der Waals surface area contributed by atoms with Crippen LogP contribution in [0.1, 0.15) is 6.42 Å². The quantitative estimate of drug-likeness (QED) is 0.437. The van der Waals surface area contributed by atoms with E-state index in [0.717, 1.165) is 16.7 Å². The van der Waals surface area contributed by atoms with E-state index in [2.05, 4.69) is 5.32 Å². The second-order valence-electron chi connectivity index (χ2n) is 5.90. The third-order valence-corrected chi connectivity index (χ3v) is 5.42. The number of rotatable bonds is 6. The van der Waals surface area contributed by atoms with Crippen LogP contribution in [0.15, 0.2) is 48.5 Å². The molecule has 2 aromatic rings. The van der Waals surface area contributed by atoms with Gasteiger partial charge < -0.3 is 5.32 Å². The Hall–Kier alpha value is -2.91. The number of nitro benzene ring substituents is 1. The third-order valence-electron chi connectivity index (χ3n) is 3.97. The number of hydrogen-bond donors (Lipinski definition) is 1. The summed E-state index contributed by atoms with van der Waals surface area (Å²) in [6.45, 7) is 0. The summed E-state index contributed by atoms with van der Waals surface area (Å²) in [6, 6.07) is 11.8. The van der Waals surface area contributed by atoms with Gasteiger partial charge in [0.2, 0.25) is 17.7 Å². The lowest BCUT2D eigenvalue weighted by Crippen LogP contribution is -2.31. The zero-order valence-electron chi connectivity index (χ0n) is 14.3. The van der Waals surface area contributed by atoms with E-state index in [1.807, 2.05) is 0 Å². The Balaban J connectivity index is 1.59. The topological polar surface area (TPSA) is 110 Å². The molecule has 1 N–H and O–H groups in total. The standard InChI is InChI=1S/C18H14ClN3O5S/c19-11-1-3-12(4-2-11)20-16(23)10-28-15-9-17(24)21(18(15)25)13-5-7-14(8-6-13)22(26)27/h1-8,15H,9-10H2,(H,20,23)/t15-/m0/s1. The van der Waals surface area contributed by atoms with E-state index in [0.29, 0.717) is 10.7 Å². The number of imide groups is 1. The van der Waals surface area contributed by atoms with Crippen LogP contribution < -0.4 is 10.2 Å². The first kappa shape index (κ1) is 19.8. The summed E-state index contributed by atoms with van der Waals surface area (Å²) in [5.74, 6) is -1.15. The first-order valence-corrected chi connectivity index (χ1v) is 9.56. The van der Waals surface area contributed by atoms with Gasteiger partial charge in [-0.3, -0.25) is 24.5 Å². The number of nitrogens with one attached hydrogen (secondary N) is 1. The number of carbonyl (C=O) groups is 3. The Morgan fingerprint density at radius 1 is 1.18 bits per heavy atom. The summed E-state index contributed by atoms with van der Waals surface area (Å²) in [7, 11) is 0. The van der Waals surface area contributed by atoms with Crippen molar-refractivity contribution in [2.45, 2.75) is 11.7 Å². The molecule has 0 radical (unpaired) electrons. The minimum Gasteiger partial charge on any atom is -0.325 e. The van der Waals surface area contributed by atoms with Crippen LogP contribution >= 0.6 is 23.4 Å². The molecule has 10 heteroatoms. The summed E-state index contributed by atoms with van der Waals surface area (Å²) >= 11 is 6.86. The average molecular weight is 420 g/mol. The highest BCUT2D eigenvalue weighted by Gasteiger charge is 2.40. The van der Waals surface area contributed by atoms with Crippen molar-refractivity contribution in [3.05, 3.63) is 63.7 Å². The van der Waals surface area contributed by atoms with Crippen molar-refractivity contribution in [1.29, 1.82) is 0 Å². The molecule has 0 bridgehead atoms. The van der Waals surface area contributed by atoms with E-state index in [-0.39, 0.29) is 29.5 Å². The zero-order chi connectivity index (χ0) is 20.3. The molecule has 2 aromatic carbocycles. The van der Waals surface area contributed by atoms with E-state index >= 15 is 0 Å². The first-order chi connectivity index (χ1) is 13.3. The lowest BCUT2D eigenvalue weighted by Gasteiger charge is -2.14. The molecule has 1 atom stereocenters. The van der Waals surface area contributed by atoms with Gasteiger partial charge in [-0.25, -0.2) is 4.90 Å². The molecule has 3 rings (SSSR count). The molecule has 0 aliphatic carbocycles. The summed E-state index contributed by atoms with van der Waals surface area (Å²) in [6.07, 6.45) is -0.0330. The van der Waals surface area contributed by atoms with Crippen molar-refractivity contribution in [2.75, 3.05) is 16.0 Å². The molecule has 1 saturated heterocycles. The lowest BCUT2D eigenvalue weighted by molar-refractivity contribution is -0.384.